The zero-order valence-corrected chi connectivity index (χ0v) is 12.4. The number of carbonyl (C=O) groups excluding carboxylic acids is 1. The van der Waals surface area contributed by atoms with Crippen LogP contribution in [0.4, 0.5) is 0 Å². The molecule has 114 valence electrons. The Labute approximate surface area is 132 Å². The van der Waals surface area contributed by atoms with E-state index in [1.807, 2.05) is 30.3 Å². The molecule has 0 aromatic heterocycles. The van der Waals surface area contributed by atoms with Crippen LogP contribution >= 0.6 is 0 Å². The third-order valence-electron chi connectivity index (χ3n) is 4.14. The van der Waals surface area contributed by atoms with Gasteiger partial charge in [-0.05, 0) is 16.8 Å². The van der Waals surface area contributed by atoms with Crippen molar-refractivity contribution in [3.05, 3.63) is 71.8 Å². The maximum atomic E-state index is 13.0. The van der Waals surface area contributed by atoms with Gasteiger partial charge in [-0.3, -0.25) is 4.79 Å². The smallest absolute Gasteiger partial charge is 0.300 e. The molecule has 1 unspecified atom stereocenters. The number of ether oxygens (including phenoxy) is 2. The van der Waals surface area contributed by atoms with E-state index in [1.54, 1.807) is 30.3 Å². The van der Waals surface area contributed by atoms with Crippen LogP contribution in [0, 0.1) is 0 Å². The molecule has 0 amide bonds. The lowest BCUT2D eigenvalue weighted by molar-refractivity contribution is -0.0967. The van der Waals surface area contributed by atoms with Gasteiger partial charge in [-0.15, -0.1) is 0 Å². The van der Waals surface area contributed by atoms with Gasteiger partial charge in [0, 0.05) is 5.56 Å². The molecule has 0 spiro atoms. The Kier molecular flexibility index (Phi) is 2.89. The summed E-state index contributed by atoms with van der Waals surface area (Å²) in [4.78, 5) is 13.0. The van der Waals surface area contributed by atoms with Gasteiger partial charge in [0.1, 0.15) is 0 Å². The summed E-state index contributed by atoms with van der Waals surface area (Å²) in [7, 11) is 1.51. The van der Waals surface area contributed by atoms with Crippen LogP contribution in [0.25, 0.3) is 10.8 Å². The molecule has 3 aromatic carbocycles. The van der Waals surface area contributed by atoms with E-state index in [-0.39, 0.29) is 5.75 Å². The summed E-state index contributed by atoms with van der Waals surface area (Å²) in [6.45, 7) is 0. The van der Waals surface area contributed by atoms with E-state index in [4.69, 9.17) is 9.47 Å². The van der Waals surface area contributed by atoms with Crippen molar-refractivity contribution in [2.75, 3.05) is 7.11 Å². The van der Waals surface area contributed by atoms with E-state index in [1.165, 1.54) is 7.11 Å². The Bertz CT molecular complexity index is 917. The molecule has 0 fully saturated rings. The van der Waals surface area contributed by atoms with Crippen LogP contribution in [0.3, 0.4) is 0 Å². The van der Waals surface area contributed by atoms with E-state index < -0.39 is 11.6 Å². The zero-order chi connectivity index (χ0) is 16.0. The van der Waals surface area contributed by atoms with Crippen molar-refractivity contribution in [2.45, 2.75) is 5.79 Å². The molecule has 0 bridgehead atoms. The average molecular weight is 306 g/mol. The summed E-state index contributed by atoms with van der Waals surface area (Å²) in [5.41, 5.74) is 0.749. The molecule has 3 aromatic rings. The largest absolute Gasteiger partial charge is 0.493 e. The highest BCUT2D eigenvalue weighted by Crippen LogP contribution is 2.48. The predicted octanol–water partition coefficient (Wildman–Crippen LogP) is 3.27. The molecule has 1 heterocycles. The van der Waals surface area contributed by atoms with Gasteiger partial charge in [0.15, 0.2) is 11.5 Å². The lowest BCUT2D eigenvalue weighted by Crippen LogP contribution is -2.36. The molecule has 23 heavy (non-hydrogen) atoms. The standard InChI is InChI=1S/C19H14O4/c1-22-15-11-12-7-5-6-10-14(12)16-17(15)23-19(21,18(16)20)13-8-3-2-4-9-13/h2-11,21H,1H3. The first-order valence-electron chi connectivity index (χ1n) is 7.26. The molecule has 1 aliphatic heterocycles. The van der Waals surface area contributed by atoms with Crippen LogP contribution in [0.5, 0.6) is 11.5 Å². The Morgan fingerprint density at radius 3 is 2.48 bits per heavy atom. The third kappa shape index (κ3) is 1.85. The van der Waals surface area contributed by atoms with Crippen molar-refractivity contribution in [1.82, 2.24) is 0 Å². The lowest BCUT2D eigenvalue weighted by Gasteiger charge is -2.21. The van der Waals surface area contributed by atoms with Crippen LogP contribution in [0.15, 0.2) is 60.7 Å². The molecule has 0 aliphatic carbocycles. The maximum Gasteiger partial charge on any atom is 0.300 e. The number of rotatable bonds is 2. The van der Waals surface area contributed by atoms with Crippen molar-refractivity contribution in [3.8, 4) is 11.5 Å². The number of fused-ring (bicyclic) bond motifs is 3. The molecule has 4 rings (SSSR count). The van der Waals surface area contributed by atoms with Crippen molar-refractivity contribution >= 4 is 16.6 Å². The molecular weight excluding hydrogens is 292 g/mol. The van der Waals surface area contributed by atoms with Crippen LogP contribution in [-0.2, 0) is 5.79 Å². The van der Waals surface area contributed by atoms with Gasteiger partial charge in [0.2, 0.25) is 5.78 Å². The van der Waals surface area contributed by atoms with E-state index in [0.29, 0.717) is 16.9 Å². The fourth-order valence-electron chi connectivity index (χ4n) is 3.00. The van der Waals surface area contributed by atoms with Gasteiger partial charge in [-0.25, -0.2) is 0 Å². The van der Waals surface area contributed by atoms with E-state index in [9.17, 15) is 9.90 Å². The summed E-state index contributed by atoms with van der Waals surface area (Å²) in [6, 6.07) is 17.9. The second kappa shape index (κ2) is 4.83. The zero-order valence-electron chi connectivity index (χ0n) is 12.4. The summed E-state index contributed by atoms with van der Waals surface area (Å²) in [5, 5.41) is 12.5. The summed E-state index contributed by atoms with van der Waals surface area (Å²) >= 11 is 0. The Morgan fingerprint density at radius 2 is 1.74 bits per heavy atom. The first kappa shape index (κ1) is 13.8. The number of Topliss-reactive ketones (excluding diaryl/α,β-unsaturated/α-hetero) is 1. The monoisotopic (exact) mass is 306 g/mol. The van der Waals surface area contributed by atoms with E-state index in [2.05, 4.69) is 0 Å². The summed E-state index contributed by atoms with van der Waals surface area (Å²) in [5.74, 6) is -1.80. The number of aliphatic hydroxyl groups is 1. The van der Waals surface area contributed by atoms with Crippen molar-refractivity contribution in [3.63, 3.8) is 0 Å². The highest BCUT2D eigenvalue weighted by atomic mass is 16.6. The first-order valence-corrected chi connectivity index (χ1v) is 7.26. The fourth-order valence-corrected chi connectivity index (χ4v) is 3.00. The summed E-state index contributed by atoms with van der Waals surface area (Å²) in [6.07, 6.45) is 0. The topological polar surface area (TPSA) is 55.8 Å². The minimum atomic E-state index is -2.03. The Hall–Kier alpha value is -2.85. The van der Waals surface area contributed by atoms with Crippen LogP contribution < -0.4 is 9.47 Å². The molecule has 1 atom stereocenters. The number of ketones is 1. The summed E-state index contributed by atoms with van der Waals surface area (Å²) < 4.78 is 11.1. The molecular formula is C19H14O4. The molecule has 0 radical (unpaired) electrons. The molecule has 4 nitrogen and oxygen atoms in total. The van der Waals surface area contributed by atoms with E-state index in [0.717, 1.165) is 10.8 Å². The molecule has 0 saturated heterocycles. The number of hydrogen-bond acceptors (Lipinski definition) is 4. The second-order valence-electron chi connectivity index (χ2n) is 5.45. The van der Waals surface area contributed by atoms with Gasteiger partial charge in [0.25, 0.3) is 5.79 Å². The minimum Gasteiger partial charge on any atom is -0.493 e. The van der Waals surface area contributed by atoms with Gasteiger partial charge in [0.05, 0.1) is 12.7 Å². The number of hydrogen-bond donors (Lipinski definition) is 1. The van der Waals surface area contributed by atoms with Gasteiger partial charge < -0.3 is 14.6 Å². The minimum absolute atomic E-state index is 0.280. The second-order valence-corrected chi connectivity index (χ2v) is 5.45. The normalized spacial score (nSPS) is 19.5. The highest BCUT2D eigenvalue weighted by Gasteiger charge is 2.50. The van der Waals surface area contributed by atoms with Crippen molar-refractivity contribution in [2.24, 2.45) is 0 Å². The van der Waals surface area contributed by atoms with Gasteiger partial charge in [-0.2, -0.15) is 0 Å². The SMILES string of the molecule is COc1cc2ccccc2c2c1OC(O)(c1ccccc1)C2=O. The highest BCUT2D eigenvalue weighted by molar-refractivity contribution is 6.16. The Morgan fingerprint density at radius 1 is 1.04 bits per heavy atom. The number of benzene rings is 3. The maximum absolute atomic E-state index is 13.0. The number of methoxy groups -OCH3 is 1. The Balaban J connectivity index is 2.00. The first-order chi connectivity index (χ1) is 11.1. The third-order valence-corrected chi connectivity index (χ3v) is 4.14. The quantitative estimate of drug-likeness (QED) is 0.789. The van der Waals surface area contributed by atoms with Gasteiger partial charge in [-0.1, -0.05) is 54.6 Å². The van der Waals surface area contributed by atoms with Crippen molar-refractivity contribution < 1.29 is 19.4 Å². The van der Waals surface area contributed by atoms with Gasteiger partial charge >= 0.3 is 0 Å². The molecule has 1 aliphatic rings. The van der Waals surface area contributed by atoms with E-state index >= 15 is 0 Å². The van der Waals surface area contributed by atoms with Crippen LogP contribution in [0.1, 0.15) is 15.9 Å². The molecule has 0 saturated carbocycles. The van der Waals surface area contributed by atoms with Crippen LogP contribution in [0.2, 0.25) is 0 Å². The van der Waals surface area contributed by atoms with Crippen molar-refractivity contribution in [1.29, 1.82) is 0 Å². The fraction of sp³-hybridized carbons (Fsp3) is 0.105. The van der Waals surface area contributed by atoms with Crippen LogP contribution in [-0.4, -0.2) is 18.0 Å². The number of carbonyl (C=O) groups is 1. The molecule has 4 heteroatoms. The predicted molar refractivity (Wildman–Crippen MR) is 85.8 cm³/mol. The molecule has 1 N–H and O–H groups in total. The average Bonchev–Trinajstić information content (AvgIpc) is 2.88. The lowest BCUT2D eigenvalue weighted by atomic mass is 9.94.